The molecule has 0 fully saturated rings. The number of benzene rings is 1. The highest BCUT2D eigenvalue weighted by atomic mass is 16.1. The van der Waals surface area contributed by atoms with Gasteiger partial charge in [-0.15, -0.1) is 0 Å². The van der Waals surface area contributed by atoms with Gasteiger partial charge < -0.3 is 9.97 Å². The van der Waals surface area contributed by atoms with E-state index >= 15 is 0 Å². The van der Waals surface area contributed by atoms with Crippen molar-refractivity contribution in [3.05, 3.63) is 57.4 Å². The van der Waals surface area contributed by atoms with Crippen molar-refractivity contribution >= 4 is 32.8 Å². The number of rotatable bonds is 0. The molecule has 3 heterocycles. The van der Waals surface area contributed by atoms with Gasteiger partial charge in [0.25, 0.3) is 0 Å². The number of hydrogen-bond donors (Lipinski definition) is 2. The molecule has 0 amide bonds. The van der Waals surface area contributed by atoms with E-state index in [1.165, 1.54) is 24.5 Å². The van der Waals surface area contributed by atoms with Crippen LogP contribution in [0.2, 0.25) is 0 Å². The van der Waals surface area contributed by atoms with E-state index in [-0.39, 0.29) is 10.9 Å². The molecule has 0 radical (unpaired) electrons. The summed E-state index contributed by atoms with van der Waals surface area (Å²) >= 11 is 0. The van der Waals surface area contributed by atoms with Crippen molar-refractivity contribution in [2.75, 3.05) is 0 Å². The molecule has 0 saturated carbocycles. The average molecular weight is 264 g/mol. The highest BCUT2D eigenvalue weighted by molar-refractivity contribution is 6.19. The number of aromatic nitrogens is 4. The van der Waals surface area contributed by atoms with Crippen LogP contribution in [-0.4, -0.2) is 19.9 Å². The summed E-state index contributed by atoms with van der Waals surface area (Å²) in [6.45, 7) is 0. The number of nitrogens with zero attached hydrogens (tertiary/aromatic N) is 2. The summed E-state index contributed by atoms with van der Waals surface area (Å²) in [5.74, 6) is 0. The topological polar surface area (TPSA) is 91.5 Å². The van der Waals surface area contributed by atoms with Gasteiger partial charge in [0, 0.05) is 36.9 Å². The van der Waals surface area contributed by atoms with Crippen molar-refractivity contribution in [3.8, 4) is 0 Å². The minimum atomic E-state index is -0.157. The van der Waals surface area contributed by atoms with Crippen LogP contribution in [0.1, 0.15) is 0 Å². The fourth-order valence-electron chi connectivity index (χ4n) is 2.52. The number of fused-ring (bicyclic) bond motifs is 6. The lowest BCUT2D eigenvalue weighted by Gasteiger charge is -2.06. The summed E-state index contributed by atoms with van der Waals surface area (Å²) in [6, 6.07) is 2.80. The predicted molar refractivity (Wildman–Crippen MR) is 75.8 cm³/mol. The Morgan fingerprint density at radius 1 is 0.750 bits per heavy atom. The zero-order valence-electron chi connectivity index (χ0n) is 10.2. The van der Waals surface area contributed by atoms with Crippen LogP contribution in [-0.2, 0) is 0 Å². The van der Waals surface area contributed by atoms with Gasteiger partial charge in [-0.25, -0.2) is 0 Å². The normalized spacial score (nSPS) is 11.4. The van der Waals surface area contributed by atoms with Crippen LogP contribution in [0.15, 0.2) is 46.5 Å². The van der Waals surface area contributed by atoms with E-state index in [9.17, 15) is 9.59 Å². The maximum Gasteiger partial charge on any atom is 0.191 e. The zero-order valence-corrected chi connectivity index (χ0v) is 10.2. The maximum absolute atomic E-state index is 12.1. The number of hydrogen-bond acceptors (Lipinski definition) is 4. The molecule has 4 rings (SSSR count). The molecular formula is C14H8N4O2. The molecule has 6 nitrogen and oxygen atoms in total. The van der Waals surface area contributed by atoms with E-state index in [0.717, 1.165) is 0 Å². The second kappa shape index (κ2) is 3.74. The largest absolute Gasteiger partial charge is 0.358 e. The van der Waals surface area contributed by atoms with Gasteiger partial charge in [-0.2, -0.15) is 0 Å². The van der Waals surface area contributed by atoms with Crippen LogP contribution in [0.3, 0.4) is 0 Å². The van der Waals surface area contributed by atoms with Crippen LogP contribution in [0.5, 0.6) is 0 Å². The fourth-order valence-corrected chi connectivity index (χ4v) is 2.52. The van der Waals surface area contributed by atoms with Crippen molar-refractivity contribution in [1.82, 2.24) is 19.9 Å². The standard InChI is InChI=1S/C14H8N4O2/c19-7-1-3-15-11-9(7)13-14(18-6-5-17-13)10-8(20)2-4-16-12(10)11/h1-6,17-18H. The van der Waals surface area contributed by atoms with Crippen molar-refractivity contribution in [2.24, 2.45) is 0 Å². The molecule has 4 aromatic rings. The molecule has 0 bridgehead atoms. The molecule has 0 spiro atoms. The second-order valence-corrected chi connectivity index (χ2v) is 4.44. The average Bonchev–Trinajstić information content (AvgIpc) is 2.47. The lowest BCUT2D eigenvalue weighted by atomic mass is 10.1. The van der Waals surface area contributed by atoms with Gasteiger partial charge >= 0.3 is 0 Å². The maximum atomic E-state index is 12.1. The summed E-state index contributed by atoms with van der Waals surface area (Å²) in [5.41, 5.74) is 1.70. The van der Waals surface area contributed by atoms with E-state index < -0.39 is 0 Å². The minimum Gasteiger partial charge on any atom is -0.358 e. The van der Waals surface area contributed by atoms with Gasteiger partial charge in [0.05, 0.1) is 21.8 Å². The molecule has 96 valence electrons. The molecule has 0 unspecified atom stereocenters. The monoisotopic (exact) mass is 264 g/mol. The molecule has 3 aromatic heterocycles. The first-order valence-electron chi connectivity index (χ1n) is 6.03. The third-order valence-corrected chi connectivity index (χ3v) is 3.34. The number of nitrogens with one attached hydrogen (secondary N) is 2. The summed E-state index contributed by atoms with van der Waals surface area (Å²) in [5, 5.41) is 0.870. The Kier molecular flexibility index (Phi) is 2.03. The molecule has 20 heavy (non-hydrogen) atoms. The van der Waals surface area contributed by atoms with Crippen molar-refractivity contribution in [1.29, 1.82) is 0 Å². The van der Waals surface area contributed by atoms with Crippen LogP contribution < -0.4 is 10.9 Å². The highest BCUT2D eigenvalue weighted by Gasteiger charge is 2.14. The van der Waals surface area contributed by atoms with Crippen LogP contribution >= 0.6 is 0 Å². The molecule has 2 N–H and O–H groups in total. The second-order valence-electron chi connectivity index (χ2n) is 4.44. The molecule has 6 heteroatoms. The Hall–Kier alpha value is -3.02. The first-order chi connectivity index (χ1) is 9.77. The molecule has 0 aliphatic rings. The van der Waals surface area contributed by atoms with Crippen molar-refractivity contribution in [3.63, 3.8) is 0 Å². The summed E-state index contributed by atoms with van der Waals surface area (Å²) in [7, 11) is 0. The third kappa shape index (κ3) is 1.27. The van der Waals surface area contributed by atoms with Gasteiger partial charge in [-0.3, -0.25) is 19.6 Å². The minimum absolute atomic E-state index is 0.157. The Labute approximate surface area is 111 Å². The molecule has 1 aromatic carbocycles. The molecule has 0 aliphatic heterocycles. The van der Waals surface area contributed by atoms with Gasteiger partial charge in [0.2, 0.25) is 0 Å². The summed E-state index contributed by atoms with van der Waals surface area (Å²) in [6.07, 6.45) is 6.20. The van der Waals surface area contributed by atoms with Gasteiger partial charge in [0.15, 0.2) is 10.9 Å². The lowest BCUT2D eigenvalue weighted by Crippen LogP contribution is -2.08. The van der Waals surface area contributed by atoms with Crippen molar-refractivity contribution < 1.29 is 0 Å². The molecular weight excluding hydrogens is 256 g/mol. The van der Waals surface area contributed by atoms with Gasteiger partial charge in [0.1, 0.15) is 11.0 Å². The van der Waals surface area contributed by atoms with E-state index in [0.29, 0.717) is 32.8 Å². The predicted octanol–water partition coefficient (Wildman–Crippen LogP) is 1.31. The molecule has 0 aliphatic carbocycles. The van der Waals surface area contributed by atoms with Crippen LogP contribution in [0.4, 0.5) is 0 Å². The van der Waals surface area contributed by atoms with Crippen LogP contribution in [0, 0.1) is 0 Å². The third-order valence-electron chi connectivity index (χ3n) is 3.34. The number of H-pyrrole nitrogens is 2. The number of pyridine rings is 2. The Bertz CT molecular complexity index is 967. The highest BCUT2D eigenvalue weighted by Crippen LogP contribution is 2.25. The van der Waals surface area contributed by atoms with Gasteiger partial charge in [-0.1, -0.05) is 0 Å². The molecule has 0 saturated heterocycles. The lowest BCUT2D eigenvalue weighted by molar-refractivity contribution is 1.29. The SMILES string of the molecule is O=c1ccnc2c3nccc(=O)c3c3[nH]cc[nH]c3c12. The summed E-state index contributed by atoms with van der Waals surface area (Å²) < 4.78 is 0. The molecule has 0 atom stereocenters. The Morgan fingerprint density at radius 3 is 1.65 bits per heavy atom. The summed E-state index contributed by atoms with van der Waals surface area (Å²) in [4.78, 5) is 38.8. The van der Waals surface area contributed by atoms with E-state index in [4.69, 9.17) is 0 Å². The Morgan fingerprint density at radius 2 is 1.20 bits per heavy atom. The van der Waals surface area contributed by atoms with Crippen molar-refractivity contribution in [2.45, 2.75) is 0 Å². The first-order valence-corrected chi connectivity index (χ1v) is 6.03. The number of aromatic amines is 2. The van der Waals surface area contributed by atoms with E-state index in [1.807, 2.05) is 0 Å². The Balaban J connectivity index is 2.56. The van der Waals surface area contributed by atoms with Gasteiger partial charge in [-0.05, 0) is 0 Å². The van der Waals surface area contributed by atoms with Crippen LogP contribution in [0.25, 0.3) is 32.8 Å². The quantitative estimate of drug-likeness (QED) is 0.468. The zero-order chi connectivity index (χ0) is 13.7. The fraction of sp³-hybridized carbons (Fsp3) is 0. The van der Waals surface area contributed by atoms with E-state index in [2.05, 4.69) is 19.9 Å². The van der Waals surface area contributed by atoms with E-state index in [1.54, 1.807) is 12.4 Å². The first kappa shape index (κ1) is 10.9. The smallest absolute Gasteiger partial charge is 0.191 e.